The van der Waals surface area contributed by atoms with E-state index in [1.165, 1.54) is 29.8 Å². The number of ether oxygens (including phenoxy) is 1. The minimum atomic E-state index is -0.600. The molecular weight excluding hydrogens is 438 g/mol. The highest BCUT2D eigenvalue weighted by atomic mass is 16.5. The van der Waals surface area contributed by atoms with Gasteiger partial charge in [0.2, 0.25) is 5.91 Å². The van der Waals surface area contributed by atoms with Crippen LogP contribution in [0.1, 0.15) is 26.3 Å². The first-order valence-electron chi connectivity index (χ1n) is 10.3. The molecule has 2 heterocycles. The lowest BCUT2D eigenvalue weighted by Crippen LogP contribution is -2.28. The van der Waals surface area contributed by atoms with Gasteiger partial charge in [0.25, 0.3) is 5.91 Å². The van der Waals surface area contributed by atoms with Crippen molar-refractivity contribution in [2.75, 3.05) is 17.7 Å². The number of benzene rings is 2. The molecule has 0 aliphatic carbocycles. The number of rotatable bonds is 6. The van der Waals surface area contributed by atoms with Crippen molar-refractivity contribution in [1.29, 1.82) is 0 Å². The Kier molecular flexibility index (Phi) is 6.22. The molecular formula is C24H21N5O5. The number of nitrogens with zero attached hydrogens (tertiary/aromatic N) is 3. The highest BCUT2D eigenvalue weighted by molar-refractivity contribution is 6.04. The molecule has 4 rings (SSSR count). The second-order valence-electron chi connectivity index (χ2n) is 7.49. The lowest BCUT2D eigenvalue weighted by atomic mass is 10.2. The number of fused-ring (bicyclic) bond motifs is 1. The Hall–Kier alpha value is -4.73. The van der Waals surface area contributed by atoms with Gasteiger partial charge in [-0.15, -0.1) is 5.10 Å². The van der Waals surface area contributed by atoms with Gasteiger partial charge in [-0.3, -0.25) is 9.59 Å². The maximum absolute atomic E-state index is 12.8. The van der Waals surface area contributed by atoms with Gasteiger partial charge in [0.1, 0.15) is 6.54 Å². The number of anilines is 2. The molecule has 0 atom stereocenters. The van der Waals surface area contributed by atoms with E-state index in [1.54, 1.807) is 36.4 Å². The van der Waals surface area contributed by atoms with Crippen LogP contribution in [0.5, 0.6) is 0 Å². The molecule has 2 amide bonds. The summed E-state index contributed by atoms with van der Waals surface area (Å²) in [6, 6.07) is 16.7. The maximum Gasteiger partial charge on any atom is 0.350 e. The van der Waals surface area contributed by atoms with Crippen molar-refractivity contribution in [3.8, 4) is 0 Å². The second kappa shape index (κ2) is 9.41. The number of carbonyl (C=O) groups excluding carboxylic acids is 3. The van der Waals surface area contributed by atoms with E-state index in [0.29, 0.717) is 5.69 Å². The summed E-state index contributed by atoms with van der Waals surface area (Å²) in [4.78, 5) is 49.8. The van der Waals surface area contributed by atoms with Crippen LogP contribution in [0, 0.1) is 6.92 Å². The van der Waals surface area contributed by atoms with E-state index in [0.717, 1.165) is 10.2 Å². The van der Waals surface area contributed by atoms with Crippen LogP contribution < -0.4 is 16.3 Å². The number of carbonyl (C=O) groups is 3. The molecule has 0 saturated carbocycles. The summed E-state index contributed by atoms with van der Waals surface area (Å²) in [6.07, 6.45) is 1.37. The van der Waals surface area contributed by atoms with Gasteiger partial charge in [-0.1, -0.05) is 29.8 Å². The highest BCUT2D eigenvalue weighted by Crippen LogP contribution is 2.16. The monoisotopic (exact) mass is 459 g/mol. The quantitative estimate of drug-likeness (QED) is 0.427. The molecule has 0 radical (unpaired) electrons. The van der Waals surface area contributed by atoms with Crippen molar-refractivity contribution in [1.82, 2.24) is 14.2 Å². The van der Waals surface area contributed by atoms with Crippen LogP contribution in [0.25, 0.3) is 5.65 Å². The summed E-state index contributed by atoms with van der Waals surface area (Å²) in [5.41, 5.74) is 2.08. The van der Waals surface area contributed by atoms with Gasteiger partial charge in [-0.25, -0.2) is 18.7 Å². The van der Waals surface area contributed by atoms with E-state index in [2.05, 4.69) is 15.7 Å². The summed E-state index contributed by atoms with van der Waals surface area (Å²) >= 11 is 0. The van der Waals surface area contributed by atoms with Gasteiger partial charge >= 0.3 is 11.7 Å². The Bertz CT molecular complexity index is 1450. The standard InChI is InChI=1S/C24H21N5O5/c1-15-7-10-17(11-8-15)25-22(31)16-9-12-20-27-29(24(33)28(20)13-16)14-21(30)26-19-6-4-3-5-18(19)23(32)34-2/h3-13H,14H2,1-2H3,(H,25,31)(H,26,30). The Morgan fingerprint density at radius 1 is 0.971 bits per heavy atom. The van der Waals surface area contributed by atoms with Crippen LogP contribution in [0.15, 0.2) is 71.7 Å². The zero-order valence-corrected chi connectivity index (χ0v) is 18.4. The van der Waals surface area contributed by atoms with Gasteiger partial charge in [0.15, 0.2) is 5.65 Å². The van der Waals surface area contributed by atoms with Crippen LogP contribution in [0.3, 0.4) is 0 Å². The van der Waals surface area contributed by atoms with Crippen LogP contribution in [-0.4, -0.2) is 39.1 Å². The van der Waals surface area contributed by atoms with Crippen molar-refractivity contribution in [3.05, 3.63) is 94.0 Å². The highest BCUT2D eigenvalue weighted by Gasteiger charge is 2.16. The third kappa shape index (κ3) is 4.70. The molecule has 0 spiro atoms. The predicted molar refractivity (Wildman–Crippen MR) is 125 cm³/mol. The van der Waals surface area contributed by atoms with Crippen LogP contribution >= 0.6 is 0 Å². The molecule has 10 heteroatoms. The number of hydrogen-bond acceptors (Lipinski definition) is 6. The van der Waals surface area contributed by atoms with Crippen molar-refractivity contribution in [2.24, 2.45) is 0 Å². The summed E-state index contributed by atoms with van der Waals surface area (Å²) in [7, 11) is 1.24. The fraction of sp³-hybridized carbons (Fsp3) is 0.125. The Morgan fingerprint density at radius 2 is 1.71 bits per heavy atom. The van der Waals surface area contributed by atoms with E-state index in [-0.39, 0.29) is 34.9 Å². The number of esters is 1. The lowest BCUT2D eigenvalue weighted by Gasteiger charge is -2.09. The third-order valence-electron chi connectivity index (χ3n) is 5.05. The maximum atomic E-state index is 12.8. The first-order chi connectivity index (χ1) is 16.4. The second-order valence-corrected chi connectivity index (χ2v) is 7.49. The Labute approximate surface area is 193 Å². The van der Waals surface area contributed by atoms with Crippen molar-refractivity contribution < 1.29 is 19.1 Å². The van der Waals surface area contributed by atoms with E-state index in [4.69, 9.17) is 4.74 Å². The average molecular weight is 459 g/mol. The number of para-hydroxylation sites is 1. The number of methoxy groups -OCH3 is 1. The summed E-state index contributed by atoms with van der Waals surface area (Å²) in [5.74, 6) is -1.54. The SMILES string of the molecule is COC(=O)c1ccccc1NC(=O)Cn1nc2ccc(C(=O)Nc3ccc(C)cc3)cn2c1=O. The van der Waals surface area contributed by atoms with Crippen molar-refractivity contribution >= 4 is 34.8 Å². The zero-order valence-electron chi connectivity index (χ0n) is 18.4. The smallest absolute Gasteiger partial charge is 0.350 e. The molecule has 2 aromatic carbocycles. The zero-order chi connectivity index (χ0) is 24.2. The fourth-order valence-electron chi connectivity index (χ4n) is 3.30. The Balaban J connectivity index is 1.52. The summed E-state index contributed by atoms with van der Waals surface area (Å²) < 4.78 is 6.89. The molecule has 0 saturated heterocycles. The van der Waals surface area contributed by atoms with Gasteiger partial charge in [0, 0.05) is 11.9 Å². The molecule has 10 nitrogen and oxygen atoms in total. The number of amides is 2. The van der Waals surface area contributed by atoms with Gasteiger partial charge in [-0.05, 0) is 43.3 Å². The molecule has 0 unspecified atom stereocenters. The molecule has 0 aliphatic rings. The molecule has 2 aromatic heterocycles. The molecule has 0 bridgehead atoms. The first-order valence-corrected chi connectivity index (χ1v) is 10.3. The minimum Gasteiger partial charge on any atom is -0.465 e. The number of aromatic nitrogens is 3. The number of hydrogen-bond donors (Lipinski definition) is 2. The molecule has 4 aromatic rings. The van der Waals surface area contributed by atoms with Crippen LogP contribution in [-0.2, 0) is 16.1 Å². The number of pyridine rings is 1. The van der Waals surface area contributed by atoms with Gasteiger partial charge in [0.05, 0.1) is 23.9 Å². The van der Waals surface area contributed by atoms with Gasteiger partial charge < -0.3 is 15.4 Å². The fourth-order valence-corrected chi connectivity index (χ4v) is 3.30. The number of aryl methyl sites for hydroxylation is 1. The molecule has 0 fully saturated rings. The summed E-state index contributed by atoms with van der Waals surface area (Å²) in [6.45, 7) is 1.56. The normalized spacial score (nSPS) is 10.6. The third-order valence-corrected chi connectivity index (χ3v) is 5.05. The van der Waals surface area contributed by atoms with Crippen LogP contribution in [0.4, 0.5) is 11.4 Å². The van der Waals surface area contributed by atoms with E-state index in [9.17, 15) is 19.2 Å². The van der Waals surface area contributed by atoms with E-state index in [1.807, 2.05) is 19.1 Å². The lowest BCUT2D eigenvalue weighted by molar-refractivity contribution is -0.117. The van der Waals surface area contributed by atoms with E-state index < -0.39 is 17.6 Å². The molecule has 172 valence electrons. The van der Waals surface area contributed by atoms with Gasteiger partial charge in [-0.2, -0.15) is 0 Å². The minimum absolute atomic E-state index is 0.185. The Morgan fingerprint density at radius 3 is 2.44 bits per heavy atom. The number of nitrogens with one attached hydrogen (secondary N) is 2. The molecule has 0 aliphatic heterocycles. The largest absolute Gasteiger partial charge is 0.465 e. The molecule has 2 N–H and O–H groups in total. The van der Waals surface area contributed by atoms with Crippen LogP contribution in [0.2, 0.25) is 0 Å². The van der Waals surface area contributed by atoms with Crippen molar-refractivity contribution in [3.63, 3.8) is 0 Å². The topological polar surface area (TPSA) is 124 Å². The van der Waals surface area contributed by atoms with Crippen molar-refractivity contribution in [2.45, 2.75) is 13.5 Å². The predicted octanol–water partition coefficient (Wildman–Crippen LogP) is 2.48. The summed E-state index contributed by atoms with van der Waals surface area (Å²) in [5, 5.41) is 9.51. The molecule has 34 heavy (non-hydrogen) atoms. The average Bonchev–Trinajstić information content (AvgIpc) is 3.14. The van der Waals surface area contributed by atoms with E-state index >= 15 is 0 Å². The first kappa shape index (κ1) is 22.5.